The van der Waals surface area contributed by atoms with E-state index in [1.165, 1.54) is 0 Å². The van der Waals surface area contributed by atoms with Gasteiger partial charge in [0.15, 0.2) is 6.61 Å². The van der Waals surface area contributed by atoms with Crippen molar-refractivity contribution in [3.63, 3.8) is 0 Å². The van der Waals surface area contributed by atoms with Gasteiger partial charge in [0.05, 0.1) is 18.6 Å². The van der Waals surface area contributed by atoms with Crippen LogP contribution in [0.1, 0.15) is 13.8 Å². The number of aromatic nitrogens is 1. The summed E-state index contributed by atoms with van der Waals surface area (Å²) >= 11 is 0. The molecule has 0 aliphatic heterocycles. The van der Waals surface area contributed by atoms with Gasteiger partial charge in [0, 0.05) is 24.7 Å². The Kier molecular flexibility index (Phi) is 7.81. The molecule has 0 radical (unpaired) electrons. The summed E-state index contributed by atoms with van der Waals surface area (Å²) < 4.78 is 17.1. The molecule has 0 aliphatic rings. The monoisotopic (exact) mass is 376 g/mol. The number of esters is 1. The number of hydrogen-bond acceptors (Lipinski definition) is 6. The topological polar surface area (TPSA) is 95.9 Å². The number of carbonyl (C=O) groups is 2. The van der Waals surface area contributed by atoms with E-state index >= 15 is 0 Å². The maximum atomic E-state index is 12.6. The Morgan fingerprint density at radius 2 is 1.93 bits per heavy atom. The smallest absolute Gasteiger partial charge is 0.325 e. The van der Waals surface area contributed by atoms with Gasteiger partial charge in [-0.05, 0) is 32.0 Å². The van der Waals surface area contributed by atoms with E-state index in [0.29, 0.717) is 36.3 Å². The zero-order valence-electron chi connectivity index (χ0n) is 15.5. The minimum Gasteiger partial charge on any atom is -0.483 e. The SMILES string of the molecule is CCOCCn1ccc2c(OCC(=O)NCC(=O)OCC)cccc2c1=O. The fourth-order valence-corrected chi connectivity index (χ4v) is 2.48. The number of nitrogens with one attached hydrogen (secondary N) is 1. The summed E-state index contributed by atoms with van der Waals surface area (Å²) in [5.74, 6) is -0.540. The number of amides is 1. The standard InChI is InChI=1S/C19H24N2O6/c1-3-25-11-10-21-9-8-14-15(19(21)24)6-5-7-16(14)27-13-17(22)20-12-18(23)26-4-2/h5-9H,3-4,10-13H2,1-2H3,(H,20,22). The molecule has 0 aliphatic carbocycles. The Morgan fingerprint density at radius 1 is 1.11 bits per heavy atom. The van der Waals surface area contributed by atoms with Gasteiger partial charge in [0.1, 0.15) is 12.3 Å². The molecule has 1 aromatic carbocycles. The Hall–Kier alpha value is -2.87. The lowest BCUT2D eigenvalue weighted by atomic mass is 10.1. The summed E-state index contributed by atoms with van der Waals surface area (Å²) in [7, 11) is 0. The van der Waals surface area contributed by atoms with Gasteiger partial charge in [0.2, 0.25) is 0 Å². The van der Waals surface area contributed by atoms with Gasteiger partial charge in [-0.25, -0.2) is 0 Å². The molecule has 146 valence electrons. The van der Waals surface area contributed by atoms with Crippen molar-refractivity contribution >= 4 is 22.6 Å². The summed E-state index contributed by atoms with van der Waals surface area (Å²) in [6.07, 6.45) is 1.68. The molecule has 8 nitrogen and oxygen atoms in total. The number of ether oxygens (including phenoxy) is 3. The summed E-state index contributed by atoms with van der Waals surface area (Å²) in [5.41, 5.74) is -0.149. The normalized spacial score (nSPS) is 10.6. The van der Waals surface area contributed by atoms with Crippen LogP contribution in [0, 0.1) is 0 Å². The summed E-state index contributed by atoms with van der Waals surface area (Å²) in [6.45, 7) is 4.87. The van der Waals surface area contributed by atoms with Gasteiger partial charge in [-0.15, -0.1) is 0 Å². The van der Waals surface area contributed by atoms with Crippen molar-refractivity contribution in [1.82, 2.24) is 9.88 Å². The molecule has 0 fully saturated rings. The van der Waals surface area contributed by atoms with Gasteiger partial charge in [-0.1, -0.05) is 6.07 Å². The predicted octanol–water partition coefficient (Wildman–Crippen LogP) is 1.10. The predicted molar refractivity (Wildman–Crippen MR) is 99.8 cm³/mol. The Morgan fingerprint density at radius 3 is 2.67 bits per heavy atom. The van der Waals surface area contributed by atoms with E-state index in [4.69, 9.17) is 14.2 Å². The van der Waals surface area contributed by atoms with E-state index in [0.717, 1.165) is 0 Å². The molecule has 1 N–H and O–H groups in total. The van der Waals surface area contributed by atoms with Crippen LogP contribution in [0.25, 0.3) is 10.8 Å². The quantitative estimate of drug-likeness (QED) is 0.493. The van der Waals surface area contributed by atoms with Gasteiger partial charge >= 0.3 is 5.97 Å². The Balaban J connectivity index is 2.04. The lowest BCUT2D eigenvalue weighted by Crippen LogP contribution is -2.34. The van der Waals surface area contributed by atoms with Crippen LogP contribution in [0.4, 0.5) is 0 Å². The highest BCUT2D eigenvalue weighted by molar-refractivity contribution is 5.88. The third-order valence-corrected chi connectivity index (χ3v) is 3.75. The highest BCUT2D eigenvalue weighted by atomic mass is 16.5. The van der Waals surface area contributed by atoms with Crippen molar-refractivity contribution in [1.29, 1.82) is 0 Å². The second-order valence-electron chi connectivity index (χ2n) is 5.60. The highest BCUT2D eigenvalue weighted by Gasteiger charge is 2.10. The van der Waals surface area contributed by atoms with Crippen LogP contribution < -0.4 is 15.6 Å². The first-order valence-electron chi connectivity index (χ1n) is 8.81. The first-order valence-corrected chi connectivity index (χ1v) is 8.81. The Bertz CT molecular complexity index is 846. The molecule has 2 aromatic rings. The van der Waals surface area contributed by atoms with E-state index in [1.54, 1.807) is 42.0 Å². The number of fused-ring (bicyclic) bond motifs is 1. The number of rotatable bonds is 10. The minimum absolute atomic E-state index is 0.149. The van der Waals surface area contributed by atoms with E-state index in [9.17, 15) is 14.4 Å². The fourth-order valence-electron chi connectivity index (χ4n) is 2.48. The molecule has 1 aromatic heterocycles. The number of nitrogens with zero attached hydrogens (tertiary/aromatic N) is 1. The van der Waals surface area contributed by atoms with E-state index in [2.05, 4.69) is 5.32 Å². The number of benzene rings is 1. The lowest BCUT2D eigenvalue weighted by Gasteiger charge is -2.11. The lowest BCUT2D eigenvalue weighted by molar-refractivity contribution is -0.143. The zero-order chi connectivity index (χ0) is 19.6. The van der Waals surface area contributed by atoms with Gasteiger partial charge in [-0.3, -0.25) is 14.4 Å². The van der Waals surface area contributed by atoms with Crippen molar-refractivity contribution in [2.45, 2.75) is 20.4 Å². The van der Waals surface area contributed by atoms with Crippen molar-refractivity contribution < 1.29 is 23.8 Å². The second kappa shape index (κ2) is 10.3. The summed E-state index contributed by atoms with van der Waals surface area (Å²) in [4.78, 5) is 35.6. The van der Waals surface area contributed by atoms with Crippen LogP contribution in [0.3, 0.4) is 0 Å². The van der Waals surface area contributed by atoms with Crippen molar-refractivity contribution in [3.8, 4) is 5.75 Å². The van der Waals surface area contributed by atoms with E-state index < -0.39 is 11.9 Å². The molecule has 0 atom stereocenters. The van der Waals surface area contributed by atoms with Crippen LogP contribution in [0.5, 0.6) is 5.75 Å². The molecule has 27 heavy (non-hydrogen) atoms. The fraction of sp³-hybridized carbons (Fsp3) is 0.421. The molecule has 2 rings (SSSR count). The molecular weight excluding hydrogens is 352 g/mol. The summed E-state index contributed by atoms with van der Waals surface area (Å²) in [5, 5.41) is 3.53. The number of carbonyl (C=O) groups excluding carboxylic acids is 2. The Labute approximate surface area is 157 Å². The average molecular weight is 376 g/mol. The van der Waals surface area contributed by atoms with Gasteiger partial charge in [0.25, 0.3) is 11.5 Å². The maximum Gasteiger partial charge on any atom is 0.325 e. The second-order valence-corrected chi connectivity index (χ2v) is 5.60. The molecule has 0 saturated carbocycles. The van der Waals surface area contributed by atoms with Crippen molar-refractivity contribution in [3.05, 3.63) is 40.8 Å². The third-order valence-electron chi connectivity index (χ3n) is 3.75. The zero-order valence-corrected chi connectivity index (χ0v) is 15.5. The van der Waals surface area contributed by atoms with Crippen LogP contribution in [-0.2, 0) is 25.6 Å². The van der Waals surface area contributed by atoms with Crippen molar-refractivity contribution in [2.24, 2.45) is 0 Å². The number of hydrogen-bond donors (Lipinski definition) is 1. The van der Waals surface area contributed by atoms with Crippen molar-refractivity contribution in [2.75, 3.05) is 33.0 Å². The van der Waals surface area contributed by atoms with Crippen LogP contribution in [0.2, 0.25) is 0 Å². The molecule has 0 saturated heterocycles. The first kappa shape index (κ1) is 20.4. The molecule has 8 heteroatoms. The van der Waals surface area contributed by atoms with Gasteiger partial charge < -0.3 is 24.1 Å². The molecule has 0 spiro atoms. The molecule has 0 unspecified atom stereocenters. The van der Waals surface area contributed by atoms with Crippen LogP contribution in [-0.4, -0.2) is 49.4 Å². The van der Waals surface area contributed by atoms with Gasteiger partial charge in [-0.2, -0.15) is 0 Å². The average Bonchev–Trinajstić information content (AvgIpc) is 2.67. The van der Waals surface area contributed by atoms with E-state index in [1.807, 2.05) is 6.92 Å². The number of pyridine rings is 1. The third kappa shape index (κ3) is 5.82. The maximum absolute atomic E-state index is 12.6. The molecule has 0 bridgehead atoms. The molecular formula is C19H24N2O6. The molecule has 1 heterocycles. The minimum atomic E-state index is -0.511. The molecule has 1 amide bonds. The van der Waals surface area contributed by atoms with Crippen LogP contribution in [0.15, 0.2) is 35.3 Å². The summed E-state index contributed by atoms with van der Waals surface area (Å²) in [6, 6.07) is 6.87. The largest absolute Gasteiger partial charge is 0.483 e. The highest BCUT2D eigenvalue weighted by Crippen LogP contribution is 2.23. The van der Waals surface area contributed by atoms with Crippen LogP contribution >= 0.6 is 0 Å². The van der Waals surface area contributed by atoms with E-state index in [-0.39, 0.29) is 25.3 Å². The first-order chi connectivity index (χ1) is 13.1.